The molecular formula is C16H24F2N2O. The van der Waals surface area contributed by atoms with Gasteiger partial charge in [0.15, 0.2) is 0 Å². The topological polar surface area (TPSA) is 24.5 Å². The highest BCUT2D eigenvalue weighted by Crippen LogP contribution is 2.22. The predicted octanol–water partition coefficient (Wildman–Crippen LogP) is 2.48. The van der Waals surface area contributed by atoms with Crippen molar-refractivity contribution >= 4 is 0 Å². The van der Waals surface area contributed by atoms with E-state index < -0.39 is 13.0 Å². The van der Waals surface area contributed by atoms with Crippen molar-refractivity contribution < 1.29 is 13.5 Å². The molecule has 1 N–H and O–H groups in total. The van der Waals surface area contributed by atoms with Crippen LogP contribution in [0, 0.1) is 0 Å². The molecule has 1 atom stereocenters. The standard InChI is InChI=1S/C16H24F2N2O/c1-2-13-3-5-14(6-4-13)15-11-19-7-8-20(15)9-10-21-12-16(17)18/h3-6,15-16,19H,2,7-12H2,1H3. The molecule has 0 spiro atoms. The molecule has 1 aromatic rings. The Kier molecular flexibility index (Phi) is 6.54. The number of nitrogens with zero attached hydrogens (tertiary/aromatic N) is 1. The molecule has 1 fully saturated rings. The van der Waals surface area contributed by atoms with Gasteiger partial charge in [-0.05, 0) is 17.5 Å². The summed E-state index contributed by atoms with van der Waals surface area (Å²) in [5, 5.41) is 3.40. The van der Waals surface area contributed by atoms with Crippen molar-refractivity contribution in [3.63, 3.8) is 0 Å². The molecule has 5 heteroatoms. The molecule has 1 saturated heterocycles. The maximum absolute atomic E-state index is 12.1. The molecular weight excluding hydrogens is 274 g/mol. The average Bonchev–Trinajstić information content (AvgIpc) is 2.52. The van der Waals surface area contributed by atoms with Crippen LogP contribution in [0.4, 0.5) is 8.78 Å². The first kappa shape index (κ1) is 16.3. The van der Waals surface area contributed by atoms with E-state index in [0.29, 0.717) is 19.2 Å². The first-order valence-electron chi connectivity index (χ1n) is 7.60. The fourth-order valence-electron chi connectivity index (χ4n) is 2.67. The molecule has 0 aromatic heterocycles. The Morgan fingerprint density at radius 3 is 2.76 bits per heavy atom. The smallest absolute Gasteiger partial charge is 0.261 e. The van der Waals surface area contributed by atoms with E-state index in [0.717, 1.165) is 26.1 Å². The first-order valence-corrected chi connectivity index (χ1v) is 7.60. The number of alkyl halides is 2. The van der Waals surface area contributed by atoms with Crippen LogP contribution in [0.25, 0.3) is 0 Å². The van der Waals surface area contributed by atoms with Crippen LogP contribution >= 0.6 is 0 Å². The fraction of sp³-hybridized carbons (Fsp3) is 0.625. The summed E-state index contributed by atoms with van der Waals surface area (Å²) in [4.78, 5) is 2.31. The number of halogens is 2. The first-order chi connectivity index (χ1) is 10.2. The lowest BCUT2D eigenvalue weighted by Crippen LogP contribution is -2.47. The fourth-order valence-corrected chi connectivity index (χ4v) is 2.67. The molecule has 1 aliphatic rings. The molecule has 1 heterocycles. The number of hydrogen-bond acceptors (Lipinski definition) is 3. The maximum Gasteiger partial charge on any atom is 0.261 e. The van der Waals surface area contributed by atoms with Crippen LogP contribution in [0.3, 0.4) is 0 Å². The lowest BCUT2D eigenvalue weighted by Gasteiger charge is -2.36. The Labute approximate surface area is 125 Å². The maximum atomic E-state index is 12.1. The SMILES string of the molecule is CCc1ccc(C2CNCCN2CCOCC(F)F)cc1. The minimum Gasteiger partial charge on any atom is -0.374 e. The Balaban J connectivity index is 1.91. The van der Waals surface area contributed by atoms with Crippen LogP contribution < -0.4 is 5.32 Å². The van der Waals surface area contributed by atoms with Crippen molar-refractivity contribution in [1.82, 2.24) is 10.2 Å². The van der Waals surface area contributed by atoms with Crippen LogP contribution in [-0.2, 0) is 11.2 Å². The quantitative estimate of drug-likeness (QED) is 0.783. The highest BCUT2D eigenvalue weighted by Gasteiger charge is 2.23. The normalized spacial score (nSPS) is 20.1. The van der Waals surface area contributed by atoms with Gasteiger partial charge in [-0.15, -0.1) is 0 Å². The molecule has 118 valence electrons. The van der Waals surface area contributed by atoms with Crippen molar-refractivity contribution in [3.05, 3.63) is 35.4 Å². The van der Waals surface area contributed by atoms with Gasteiger partial charge in [0.1, 0.15) is 6.61 Å². The highest BCUT2D eigenvalue weighted by molar-refractivity contribution is 5.25. The Bertz CT molecular complexity index is 411. The van der Waals surface area contributed by atoms with E-state index in [9.17, 15) is 8.78 Å². The van der Waals surface area contributed by atoms with E-state index in [1.165, 1.54) is 11.1 Å². The van der Waals surface area contributed by atoms with Crippen molar-refractivity contribution in [2.45, 2.75) is 25.8 Å². The van der Waals surface area contributed by atoms with Gasteiger partial charge in [-0.3, -0.25) is 4.90 Å². The van der Waals surface area contributed by atoms with Gasteiger partial charge in [0.25, 0.3) is 6.43 Å². The number of piperazine rings is 1. The summed E-state index contributed by atoms with van der Waals surface area (Å²) in [6, 6.07) is 8.96. The van der Waals surface area contributed by atoms with Crippen LogP contribution in [0.2, 0.25) is 0 Å². The molecule has 1 aromatic carbocycles. The van der Waals surface area contributed by atoms with E-state index in [-0.39, 0.29) is 0 Å². The van der Waals surface area contributed by atoms with Crippen molar-refractivity contribution in [2.24, 2.45) is 0 Å². The van der Waals surface area contributed by atoms with Gasteiger partial charge in [-0.1, -0.05) is 31.2 Å². The van der Waals surface area contributed by atoms with Gasteiger partial charge < -0.3 is 10.1 Å². The van der Waals surface area contributed by atoms with Crippen LogP contribution in [-0.4, -0.2) is 50.7 Å². The number of hydrogen-bond donors (Lipinski definition) is 1. The summed E-state index contributed by atoms with van der Waals surface area (Å²) in [7, 11) is 0. The van der Waals surface area contributed by atoms with Crippen LogP contribution in [0.5, 0.6) is 0 Å². The number of aryl methyl sites for hydroxylation is 1. The van der Waals surface area contributed by atoms with Crippen LogP contribution in [0.1, 0.15) is 24.1 Å². The average molecular weight is 298 g/mol. The number of nitrogens with one attached hydrogen (secondary N) is 1. The third-order valence-corrected chi connectivity index (χ3v) is 3.89. The molecule has 1 unspecified atom stereocenters. The molecule has 0 bridgehead atoms. The minimum absolute atomic E-state index is 0.291. The molecule has 0 radical (unpaired) electrons. The second-order valence-electron chi connectivity index (χ2n) is 5.32. The zero-order valence-electron chi connectivity index (χ0n) is 12.5. The van der Waals surface area contributed by atoms with E-state index in [4.69, 9.17) is 4.74 Å². The summed E-state index contributed by atoms with van der Waals surface area (Å²) in [5.74, 6) is 0. The van der Waals surface area contributed by atoms with Gasteiger partial charge in [-0.25, -0.2) is 8.78 Å². The summed E-state index contributed by atoms with van der Waals surface area (Å²) in [5.41, 5.74) is 2.60. The second kappa shape index (κ2) is 8.41. The highest BCUT2D eigenvalue weighted by atomic mass is 19.3. The number of rotatable bonds is 7. The molecule has 0 aliphatic carbocycles. The molecule has 2 rings (SSSR count). The van der Waals surface area contributed by atoms with Gasteiger partial charge >= 0.3 is 0 Å². The zero-order chi connectivity index (χ0) is 15.1. The second-order valence-corrected chi connectivity index (χ2v) is 5.32. The third kappa shape index (κ3) is 5.02. The Morgan fingerprint density at radius 1 is 1.33 bits per heavy atom. The number of ether oxygens (including phenoxy) is 1. The van der Waals surface area contributed by atoms with Gasteiger partial charge in [0.05, 0.1) is 6.61 Å². The monoisotopic (exact) mass is 298 g/mol. The molecule has 21 heavy (non-hydrogen) atoms. The van der Waals surface area contributed by atoms with Crippen LogP contribution in [0.15, 0.2) is 24.3 Å². The summed E-state index contributed by atoms with van der Waals surface area (Å²) >= 11 is 0. The van der Waals surface area contributed by atoms with Crippen molar-refractivity contribution in [1.29, 1.82) is 0 Å². The van der Waals surface area contributed by atoms with Gasteiger partial charge in [0.2, 0.25) is 0 Å². The number of benzene rings is 1. The van der Waals surface area contributed by atoms with Crippen molar-refractivity contribution in [2.75, 3.05) is 39.4 Å². The molecule has 0 amide bonds. The summed E-state index contributed by atoms with van der Waals surface area (Å²) in [6.07, 6.45) is -1.35. The predicted molar refractivity (Wildman–Crippen MR) is 79.8 cm³/mol. The minimum atomic E-state index is -2.38. The Morgan fingerprint density at radius 2 is 2.10 bits per heavy atom. The van der Waals surface area contributed by atoms with Gasteiger partial charge in [0, 0.05) is 32.2 Å². The lowest BCUT2D eigenvalue weighted by atomic mass is 10.0. The largest absolute Gasteiger partial charge is 0.374 e. The van der Waals surface area contributed by atoms with E-state index in [1.54, 1.807) is 0 Å². The van der Waals surface area contributed by atoms with E-state index >= 15 is 0 Å². The summed E-state index contributed by atoms with van der Waals surface area (Å²) in [6.45, 7) is 5.45. The molecule has 3 nitrogen and oxygen atoms in total. The zero-order valence-corrected chi connectivity index (χ0v) is 12.5. The summed E-state index contributed by atoms with van der Waals surface area (Å²) < 4.78 is 29.1. The van der Waals surface area contributed by atoms with E-state index in [2.05, 4.69) is 41.4 Å². The van der Waals surface area contributed by atoms with Gasteiger partial charge in [-0.2, -0.15) is 0 Å². The Hall–Kier alpha value is -1.04. The van der Waals surface area contributed by atoms with Crippen molar-refractivity contribution in [3.8, 4) is 0 Å². The van der Waals surface area contributed by atoms with E-state index in [1.807, 2.05) is 0 Å². The lowest BCUT2D eigenvalue weighted by molar-refractivity contribution is 0.00369. The molecule has 1 aliphatic heterocycles. The third-order valence-electron chi connectivity index (χ3n) is 3.89. The molecule has 0 saturated carbocycles.